The van der Waals surface area contributed by atoms with Gasteiger partial charge in [0, 0.05) is 11.4 Å². The van der Waals surface area contributed by atoms with Gasteiger partial charge in [-0.3, -0.25) is 4.79 Å². The van der Waals surface area contributed by atoms with Gasteiger partial charge in [-0.2, -0.15) is 0 Å². The van der Waals surface area contributed by atoms with E-state index in [4.69, 9.17) is 0 Å². The molecule has 2 aromatic carbocycles. The Morgan fingerprint density at radius 3 is 2.48 bits per heavy atom. The fourth-order valence-electron chi connectivity index (χ4n) is 2.26. The predicted molar refractivity (Wildman–Crippen MR) is 97.4 cm³/mol. The summed E-state index contributed by atoms with van der Waals surface area (Å²) in [6.45, 7) is 0. The number of rotatable bonds is 5. The van der Waals surface area contributed by atoms with Crippen LogP contribution < -0.4 is 10.6 Å². The molecule has 0 radical (unpaired) electrons. The minimum Gasteiger partial charge on any atom is -0.465 e. The first-order valence-electron chi connectivity index (χ1n) is 7.89. The molecule has 0 saturated carbocycles. The van der Waals surface area contributed by atoms with Gasteiger partial charge in [-0.15, -0.1) is 0 Å². The highest BCUT2D eigenvalue weighted by atomic mass is 19.1. The van der Waals surface area contributed by atoms with Crippen molar-refractivity contribution in [3.8, 4) is 0 Å². The Morgan fingerprint density at radius 2 is 1.78 bits per heavy atom. The predicted octanol–water partition coefficient (Wildman–Crippen LogP) is 3.40. The summed E-state index contributed by atoms with van der Waals surface area (Å²) in [5, 5.41) is 5.53. The molecule has 0 spiro atoms. The highest BCUT2D eigenvalue weighted by Gasteiger charge is 2.10. The molecule has 27 heavy (non-hydrogen) atoms. The minimum absolute atomic E-state index is 0.0770. The number of hydrogen-bond acceptors (Lipinski definition) is 6. The van der Waals surface area contributed by atoms with Crippen molar-refractivity contribution in [1.29, 1.82) is 0 Å². The number of carbonyl (C=O) groups excluding carboxylic acids is 2. The Labute approximate surface area is 154 Å². The lowest BCUT2D eigenvalue weighted by Gasteiger charge is -2.08. The largest absolute Gasteiger partial charge is 0.465 e. The van der Waals surface area contributed by atoms with Crippen LogP contribution in [0.5, 0.6) is 0 Å². The first-order valence-corrected chi connectivity index (χ1v) is 7.89. The van der Waals surface area contributed by atoms with E-state index in [1.807, 2.05) is 0 Å². The highest BCUT2D eigenvalue weighted by molar-refractivity contribution is 6.02. The van der Waals surface area contributed by atoms with Crippen LogP contribution in [0.25, 0.3) is 0 Å². The molecule has 3 rings (SSSR count). The summed E-state index contributed by atoms with van der Waals surface area (Å²) < 4.78 is 17.8. The molecule has 0 aliphatic heterocycles. The van der Waals surface area contributed by atoms with Crippen molar-refractivity contribution in [2.45, 2.75) is 0 Å². The lowest BCUT2D eigenvalue weighted by Crippen LogP contribution is -2.14. The second-order valence-electron chi connectivity index (χ2n) is 5.45. The number of nitrogens with zero attached hydrogens (tertiary/aromatic N) is 2. The number of anilines is 3. The van der Waals surface area contributed by atoms with Crippen molar-refractivity contribution in [3.05, 3.63) is 78.0 Å². The molecule has 136 valence electrons. The van der Waals surface area contributed by atoms with Crippen molar-refractivity contribution in [2.24, 2.45) is 0 Å². The van der Waals surface area contributed by atoms with Crippen LogP contribution in [-0.2, 0) is 4.74 Å². The standard InChI is InChI=1S/C19H15FN4O3/c1-27-19(26)12-4-2-6-14(8-12)23-17-11-21-16(10-22-17)18(25)24-15-7-3-5-13(20)9-15/h2-11H,1H3,(H,22,23)(H,24,25). The molecular weight excluding hydrogens is 351 g/mol. The molecule has 1 heterocycles. The van der Waals surface area contributed by atoms with Gasteiger partial charge in [-0.25, -0.2) is 19.2 Å². The van der Waals surface area contributed by atoms with Crippen LogP contribution in [0.1, 0.15) is 20.8 Å². The number of ether oxygens (including phenoxy) is 1. The molecule has 3 aromatic rings. The molecule has 8 heteroatoms. The number of carbonyl (C=O) groups is 2. The van der Waals surface area contributed by atoms with E-state index < -0.39 is 17.7 Å². The van der Waals surface area contributed by atoms with Gasteiger partial charge >= 0.3 is 5.97 Å². The Kier molecular flexibility index (Phi) is 5.36. The number of halogens is 1. The van der Waals surface area contributed by atoms with E-state index in [0.717, 1.165) is 0 Å². The maximum Gasteiger partial charge on any atom is 0.337 e. The third-order valence-corrected chi connectivity index (χ3v) is 3.52. The summed E-state index contributed by atoms with van der Waals surface area (Å²) >= 11 is 0. The lowest BCUT2D eigenvalue weighted by atomic mass is 10.2. The van der Waals surface area contributed by atoms with Crippen molar-refractivity contribution in [1.82, 2.24) is 9.97 Å². The molecule has 1 amide bonds. The van der Waals surface area contributed by atoms with E-state index >= 15 is 0 Å². The third-order valence-electron chi connectivity index (χ3n) is 3.52. The van der Waals surface area contributed by atoms with Gasteiger partial charge in [-0.1, -0.05) is 12.1 Å². The first-order chi connectivity index (χ1) is 13.0. The van der Waals surface area contributed by atoms with Crippen molar-refractivity contribution >= 4 is 29.1 Å². The van der Waals surface area contributed by atoms with Gasteiger partial charge in [0.05, 0.1) is 25.1 Å². The summed E-state index contributed by atoms with van der Waals surface area (Å²) in [4.78, 5) is 31.9. The number of amides is 1. The molecule has 2 N–H and O–H groups in total. The van der Waals surface area contributed by atoms with Crippen molar-refractivity contribution < 1.29 is 18.7 Å². The van der Waals surface area contributed by atoms with Crippen LogP contribution in [0.3, 0.4) is 0 Å². The van der Waals surface area contributed by atoms with Gasteiger partial charge < -0.3 is 15.4 Å². The quantitative estimate of drug-likeness (QED) is 0.672. The molecule has 0 aliphatic carbocycles. The second kappa shape index (κ2) is 8.05. The summed E-state index contributed by atoms with van der Waals surface area (Å²) in [6, 6.07) is 12.2. The number of methoxy groups -OCH3 is 1. The fraction of sp³-hybridized carbons (Fsp3) is 0.0526. The molecule has 0 atom stereocenters. The van der Waals surface area contributed by atoms with Gasteiger partial charge in [0.25, 0.3) is 5.91 Å². The average molecular weight is 366 g/mol. The van der Waals surface area contributed by atoms with E-state index in [2.05, 4.69) is 25.3 Å². The summed E-state index contributed by atoms with van der Waals surface area (Å²) in [6.07, 6.45) is 2.67. The van der Waals surface area contributed by atoms with Gasteiger partial charge in [0.15, 0.2) is 0 Å². The van der Waals surface area contributed by atoms with E-state index in [1.54, 1.807) is 30.3 Å². The summed E-state index contributed by atoms with van der Waals surface area (Å²) in [5.74, 6) is -1.02. The van der Waals surface area contributed by atoms with Gasteiger partial charge in [0.2, 0.25) is 0 Å². The van der Waals surface area contributed by atoms with E-state index in [0.29, 0.717) is 22.8 Å². The number of hydrogen-bond donors (Lipinski definition) is 2. The summed E-state index contributed by atoms with van der Waals surface area (Å²) in [7, 11) is 1.31. The van der Waals surface area contributed by atoms with Crippen LogP contribution in [-0.4, -0.2) is 29.0 Å². The first kappa shape index (κ1) is 18.0. The fourth-order valence-corrected chi connectivity index (χ4v) is 2.26. The zero-order valence-corrected chi connectivity index (χ0v) is 14.3. The van der Waals surface area contributed by atoms with E-state index in [1.165, 1.54) is 37.7 Å². The van der Waals surface area contributed by atoms with E-state index in [9.17, 15) is 14.0 Å². The van der Waals surface area contributed by atoms with E-state index in [-0.39, 0.29) is 5.69 Å². The maximum absolute atomic E-state index is 13.2. The molecule has 0 fully saturated rings. The number of benzene rings is 2. The normalized spacial score (nSPS) is 10.1. The summed E-state index contributed by atoms with van der Waals surface area (Å²) in [5.41, 5.74) is 1.41. The van der Waals surface area contributed by atoms with Crippen LogP contribution in [0.15, 0.2) is 60.9 Å². The topological polar surface area (TPSA) is 93.2 Å². The highest BCUT2D eigenvalue weighted by Crippen LogP contribution is 2.16. The number of aromatic nitrogens is 2. The molecule has 0 aliphatic rings. The Balaban J connectivity index is 1.68. The number of nitrogens with one attached hydrogen (secondary N) is 2. The van der Waals surface area contributed by atoms with Crippen LogP contribution >= 0.6 is 0 Å². The van der Waals surface area contributed by atoms with Crippen molar-refractivity contribution in [2.75, 3.05) is 17.7 Å². The minimum atomic E-state index is -0.507. The molecule has 0 bridgehead atoms. The van der Waals surface area contributed by atoms with Crippen LogP contribution in [0, 0.1) is 5.82 Å². The zero-order valence-electron chi connectivity index (χ0n) is 14.3. The zero-order chi connectivity index (χ0) is 19.2. The van der Waals surface area contributed by atoms with Crippen LogP contribution in [0.4, 0.5) is 21.6 Å². The Morgan fingerprint density at radius 1 is 1.00 bits per heavy atom. The second-order valence-corrected chi connectivity index (χ2v) is 5.45. The molecule has 7 nitrogen and oxygen atoms in total. The lowest BCUT2D eigenvalue weighted by molar-refractivity contribution is 0.0600. The van der Waals surface area contributed by atoms with Crippen LogP contribution in [0.2, 0.25) is 0 Å². The molecule has 0 saturated heterocycles. The molecule has 0 unspecified atom stereocenters. The SMILES string of the molecule is COC(=O)c1cccc(Nc2cnc(C(=O)Nc3cccc(F)c3)cn2)c1. The third kappa shape index (κ3) is 4.63. The van der Waals surface area contributed by atoms with Gasteiger partial charge in [-0.05, 0) is 36.4 Å². The number of esters is 1. The maximum atomic E-state index is 13.2. The average Bonchev–Trinajstić information content (AvgIpc) is 2.68. The smallest absolute Gasteiger partial charge is 0.337 e. The van der Waals surface area contributed by atoms with Crippen molar-refractivity contribution in [3.63, 3.8) is 0 Å². The Hall–Kier alpha value is -3.81. The Bertz CT molecular complexity index is 977. The molecule has 1 aromatic heterocycles. The molecular formula is C19H15FN4O3. The monoisotopic (exact) mass is 366 g/mol. The van der Waals surface area contributed by atoms with Gasteiger partial charge in [0.1, 0.15) is 17.3 Å².